The Bertz CT molecular complexity index is 362. The molecule has 0 spiro atoms. The standard InChI is InChI=1S/C13H22N2O3/c1-13(2,3)10(11(16)17)14-12(18)15-7-8-4-5-9(15)6-8/h8-10H,4-7H2,1-3H3,(H,14,18)(H,16,17)/t8?,9?,10-/m0/s1. The van der Waals surface area contributed by atoms with Gasteiger partial charge in [0, 0.05) is 12.6 Å². The zero-order chi connectivity index (χ0) is 13.5. The van der Waals surface area contributed by atoms with Crippen molar-refractivity contribution >= 4 is 12.0 Å². The molecule has 0 radical (unpaired) electrons. The molecule has 2 unspecified atom stereocenters. The van der Waals surface area contributed by atoms with Crippen LogP contribution in [0.3, 0.4) is 0 Å². The highest BCUT2D eigenvalue weighted by Gasteiger charge is 2.42. The lowest BCUT2D eigenvalue weighted by Gasteiger charge is -2.32. The molecule has 3 atom stereocenters. The number of urea groups is 1. The number of carboxylic acids is 1. The van der Waals surface area contributed by atoms with Crippen molar-refractivity contribution in [2.45, 2.75) is 52.1 Å². The van der Waals surface area contributed by atoms with Crippen LogP contribution in [0.2, 0.25) is 0 Å². The summed E-state index contributed by atoms with van der Waals surface area (Å²) in [6.45, 7) is 6.25. The monoisotopic (exact) mass is 254 g/mol. The number of rotatable bonds is 2. The summed E-state index contributed by atoms with van der Waals surface area (Å²) in [4.78, 5) is 25.2. The first-order chi connectivity index (χ1) is 8.29. The van der Waals surface area contributed by atoms with Crippen molar-refractivity contribution in [3.63, 3.8) is 0 Å². The normalized spacial score (nSPS) is 28.3. The number of carbonyl (C=O) groups excluding carboxylic acids is 1. The molecule has 5 nitrogen and oxygen atoms in total. The second-order valence-electron chi connectivity index (χ2n) is 6.57. The van der Waals surface area contributed by atoms with Gasteiger partial charge in [0.25, 0.3) is 0 Å². The van der Waals surface area contributed by atoms with Gasteiger partial charge in [-0.15, -0.1) is 0 Å². The number of nitrogens with one attached hydrogen (secondary N) is 1. The molecule has 5 heteroatoms. The summed E-state index contributed by atoms with van der Waals surface area (Å²) in [7, 11) is 0. The second kappa shape index (κ2) is 4.44. The molecule has 0 aromatic carbocycles. The molecule has 2 fully saturated rings. The lowest BCUT2D eigenvalue weighted by Crippen LogP contribution is -2.54. The Labute approximate surface area is 108 Å². The molecule has 2 bridgehead atoms. The van der Waals surface area contributed by atoms with E-state index in [1.807, 2.05) is 25.7 Å². The largest absolute Gasteiger partial charge is 0.480 e. The molecular weight excluding hydrogens is 232 g/mol. The Morgan fingerprint density at radius 2 is 2.00 bits per heavy atom. The summed E-state index contributed by atoms with van der Waals surface area (Å²) in [5, 5.41) is 11.9. The van der Waals surface area contributed by atoms with Gasteiger partial charge in [-0.3, -0.25) is 0 Å². The fourth-order valence-electron chi connectivity index (χ4n) is 3.03. The van der Waals surface area contributed by atoms with Gasteiger partial charge in [-0.2, -0.15) is 0 Å². The molecule has 102 valence electrons. The van der Waals surface area contributed by atoms with Crippen molar-refractivity contribution < 1.29 is 14.7 Å². The molecule has 1 heterocycles. The van der Waals surface area contributed by atoms with E-state index in [2.05, 4.69) is 5.32 Å². The Morgan fingerprint density at radius 3 is 2.39 bits per heavy atom. The minimum Gasteiger partial charge on any atom is -0.480 e. The van der Waals surface area contributed by atoms with Crippen molar-refractivity contribution in [3.05, 3.63) is 0 Å². The molecule has 0 aromatic heterocycles. The number of piperidine rings is 1. The number of aliphatic carboxylic acids is 1. The fraction of sp³-hybridized carbons (Fsp3) is 0.846. The van der Waals surface area contributed by atoms with Crippen LogP contribution >= 0.6 is 0 Å². The van der Waals surface area contributed by atoms with Crippen molar-refractivity contribution in [1.29, 1.82) is 0 Å². The van der Waals surface area contributed by atoms with E-state index in [1.165, 1.54) is 6.42 Å². The zero-order valence-corrected chi connectivity index (χ0v) is 11.3. The summed E-state index contributed by atoms with van der Waals surface area (Å²) in [6, 6.07) is -0.738. The van der Waals surface area contributed by atoms with Crippen molar-refractivity contribution in [2.24, 2.45) is 11.3 Å². The molecular formula is C13H22N2O3. The lowest BCUT2D eigenvalue weighted by atomic mass is 9.87. The van der Waals surface area contributed by atoms with Crippen LogP contribution in [0.1, 0.15) is 40.0 Å². The van der Waals surface area contributed by atoms with E-state index in [-0.39, 0.29) is 6.03 Å². The van der Waals surface area contributed by atoms with Crippen LogP contribution in [0, 0.1) is 11.3 Å². The van der Waals surface area contributed by atoms with E-state index in [4.69, 9.17) is 0 Å². The quantitative estimate of drug-likeness (QED) is 0.787. The van der Waals surface area contributed by atoms with E-state index in [0.717, 1.165) is 19.4 Å². The Balaban J connectivity index is 2.00. The van der Waals surface area contributed by atoms with Crippen LogP contribution in [0.25, 0.3) is 0 Å². The number of likely N-dealkylation sites (tertiary alicyclic amines) is 1. The number of hydrogen-bond acceptors (Lipinski definition) is 2. The van der Waals surface area contributed by atoms with Gasteiger partial charge in [-0.1, -0.05) is 20.8 Å². The molecule has 2 aliphatic rings. The first kappa shape index (κ1) is 13.2. The van der Waals surface area contributed by atoms with Crippen LogP contribution < -0.4 is 5.32 Å². The summed E-state index contributed by atoms with van der Waals surface area (Å²) in [6.07, 6.45) is 3.35. The van der Waals surface area contributed by atoms with E-state index in [9.17, 15) is 14.7 Å². The third-order valence-electron chi connectivity index (χ3n) is 4.05. The minimum absolute atomic E-state index is 0.218. The number of hydrogen-bond donors (Lipinski definition) is 2. The van der Waals surface area contributed by atoms with E-state index < -0.39 is 17.4 Å². The van der Waals surface area contributed by atoms with Gasteiger partial charge in [0.1, 0.15) is 6.04 Å². The van der Waals surface area contributed by atoms with Crippen LogP contribution in [-0.4, -0.2) is 40.6 Å². The second-order valence-corrected chi connectivity index (χ2v) is 6.57. The molecule has 2 rings (SSSR count). The number of fused-ring (bicyclic) bond motifs is 2. The van der Waals surface area contributed by atoms with E-state index in [0.29, 0.717) is 12.0 Å². The molecule has 0 aromatic rings. The van der Waals surface area contributed by atoms with Gasteiger partial charge in [0.15, 0.2) is 0 Å². The fourth-order valence-corrected chi connectivity index (χ4v) is 3.03. The molecule has 2 N–H and O–H groups in total. The summed E-state index contributed by atoms with van der Waals surface area (Å²) in [5.74, 6) is -0.348. The maximum Gasteiger partial charge on any atom is 0.326 e. The topological polar surface area (TPSA) is 69.6 Å². The minimum atomic E-state index is -0.972. The third kappa shape index (κ3) is 2.44. The number of carbonyl (C=O) groups is 2. The number of amides is 2. The Kier molecular flexibility index (Phi) is 3.25. The van der Waals surface area contributed by atoms with Gasteiger partial charge in [-0.05, 0) is 30.6 Å². The molecule has 1 aliphatic heterocycles. The summed E-state index contributed by atoms with van der Waals surface area (Å²) in [5.41, 5.74) is -0.486. The summed E-state index contributed by atoms with van der Waals surface area (Å²) >= 11 is 0. The highest BCUT2D eigenvalue weighted by atomic mass is 16.4. The third-order valence-corrected chi connectivity index (χ3v) is 4.05. The van der Waals surface area contributed by atoms with E-state index >= 15 is 0 Å². The highest BCUT2D eigenvalue weighted by molar-refractivity contribution is 5.83. The Morgan fingerprint density at radius 1 is 1.33 bits per heavy atom. The number of carboxylic acid groups (broad SMARTS) is 1. The number of nitrogens with zero attached hydrogens (tertiary/aromatic N) is 1. The lowest BCUT2D eigenvalue weighted by molar-refractivity contribution is -0.142. The van der Waals surface area contributed by atoms with Gasteiger partial charge >= 0.3 is 12.0 Å². The predicted molar refractivity (Wildman–Crippen MR) is 67.2 cm³/mol. The van der Waals surface area contributed by atoms with Crippen LogP contribution in [0.4, 0.5) is 4.79 Å². The zero-order valence-electron chi connectivity index (χ0n) is 11.3. The van der Waals surface area contributed by atoms with Crippen LogP contribution in [0.15, 0.2) is 0 Å². The average Bonchev–Trinajstić information content (AvgIpc) is 2.84. The van der Waals surface area contributed by atoms with Crippen LogP contribution in [0.5, 0.6) is 0 Å². The first-order valence-corrected chi connectivity index (χ1v) is 6.59. The first-order valence-electron chi connectivity index (χ1n) is 6.59. The van der Waals surface area contributed by atoms with Crippen LogP contribution in [-0.2, 0) is 4.79 Å². The highest BCUT2D eigenvalue weighted by Crippen LogP contribution is 2.37. The van der Waals surface area contributed by atoms with Crippen molar-refractivity contribution in [2.75, 3.05) is 6.54 Å². The maximum atomic E-state index is 12.1. The van der Waals surface area contributed by atoms with Gasteiger partial charge < -0.3 is 15.3 Å². The van der Waals surface area contributed by atoms with Gasteiger partial charge in [0.2, 0.25) is 0 Å². The molecule has 1 aliphatic carbocycles. The molecule has 18 heavy (non-hydrogen) atoms. The molecule has 2 amide bonds. The van der Waals surface area contributed by atoms with Crippen molar-refractivity contribution in [3.8, 4) is 0 Å². The molecule has 1 saturated heterocycles. The van der Waals surface area contributed by atoms with Gasteiger partial charge in [0.05, 0.1) is 0 Å². The summed E-state index contributed by atoms with van der Waals surface area (Å²) < 4.78 is 0. The Hall–Kier alpha value is -1.26. The van der Waals surface area contributed by atoms with E-state index in [1.54, 1.807) is 0 Å². The predicted octanol–water partition coefficient (Wildman–Crippen LogP) is 1.68. The SMILES string of the molecule is CC(C)(C)[C@@H](NC(=O)N1CC2CCC1C2)C(=O)O. The average molecular weight is 254 g/mol. The molecule has 1 saturated carbocycles. The van der Waals surface area contributed by atoms with Gasteiger partial charge in [-0.25, -0.2) is 9.59 Å². The smallest absolute Gasteiger partial charge is 0.326 e. The van der Waals surface area contributed by atoms with Crippen molar-refractivity contribution in [1.82, 2.24) is 10.2 Å². The maximum absolute atomic E-state index is 12.1.